The van der Waals surface area contributed by atoms with Crippen LogP contribution in [0.5, 0.6) is 0 Å². The van der Waals surface area contributed by atoms with Gasteiger partial charge in [0.2, 0.25) is 0 Å². The molecule has 0 aromatic heterocycles. The van der Waals surface area contributed by atoms with E-state index in [0.717, 1.165) is 25.1 Å². The van der Waals surface area contributed by atoms with Crippen LogP contribution in [0.25, 0.3) is 0 Å². The van der Waals surface area contributed by atoms with Crippen molar-refractivity contribution < 1.29 is 9.53 Å². The molecule has 3 rings (SSSR count). The Bertz CT molecular complexity index is 616. The fourth-order valence-electron chi connectivity index (χ4n) is 2.77. The number of hydrogen-bond acceptors (Lipinski definition) is 2. The third-order valence-corrected chi connectivity index (χ3v) is 4.02. The van der Waals surface area contributed by atoms with Crippen molar-refractivity contribution in [3.8, 4) is 0 Å². The minimum absolute atomic E-state index is 0.0517. The van der Waals surface area contributed by atoms with Crippen molar-refractivity contribution in [2.75, 3.05) is 18.4 Å². The SMILES string of the molecule is O=C(Nc1ccccc1)N1CCCC(OCc2ccccc2)C1. The van der Waals surface area contributed by atoms with Crippen LogP contribution in [0, 0.1) is 0 Å². The predicted octanol–water partition coefficient (Wildman–Crippen LogP) is 3.90. The molecule has 4 heteroatoms. The Morgan fingerprint density at radius 2 is 1.78 bits per heavy atom. The minimum atomic E-state index is -0.0517. The number of carbonyl (C=O) groups excluding carboxylic acids is 1. The first-order valence-corrected chi connectivity index (χ1v) is 8.08. The van der Waals surface area contributed by atoms with Crippen LogP contribution in [-0.2, 0) is 11.3 Å². The third kappa shape index (κ3) is 4.57. The van der Waals surface area contributed by atoms with Crippen molar-refractivity contribution in [3.05, 3.63) is 66.2 Å². The van der Waals surface area contributed by atoms with Gasteiger partial charge in [0.15, 0.2) is 0 Å². The van der Waals surface area contributed by atoms with E-state index < -0.39 is 0 Å². The highest BCUT2D eigenvalue weighted by molar-refractivity contribution is 5.89. The standard InChI is InChI=1S/C19H22N2O2/c22-19(20-17-10-5-2-6-11-17)21-13-7-12-18(14-21)23-15-16-8-3-1-4-9-16/h1-6,8-11,18H,7,12-15H2,(H,20,22). The number of nitrogens with zero attached hydrogens (tertiary/aromatic N) is 1. The molecule has 1 aliphatic rings. The average molecular weight is 310 g/mol. The second kappa shape index (κ2) is 7.79. The number of urea groups is 1. The predicted molar refractivity (Wildman–Crippen MR) is 91.3 cm³/mol. The topological polar surface area (TPSA) is 41.6 Å². The Morgan fingerprint density at radius 3 is 2.52 bits per heavy atom. The van der Waals surface area contributed by atoms with Crippen LogP contribution in [0.2, 0.25) is 0 Å². The van der Waals surface area contributed by atoms with Crippen molar-refractivity contribution in [1.82, 2.24) is 4.90 Å². The molecule has 2 aromatic rings. The van der Waals surface area contributed by atoms with Crippen molar-refractivity contribution in [2.24, 2.45) is 0 Å². The molecule has 4 nitrogen and oxygen atoms in total. The summed E-state index contributed by atoms with van der Waals surface area (Å²) < 4.78 is 5.98. The van der Waals surface area contributed by atoms with E-state index in [-0.39, 0.29) is 12.1 Å². The second-order valence-corrected chi connectivity index (χ2v) is 5.80. The molecule has 23 heavy (non-hydrogen) atoms. The minimum Gasteiger partial charge on any atom is -0.372 e. The summed E-state index contributed by atoms with van der Waals surface area (Å²) in [7, 11) is 0. The van der Waals surface area contributed by atoms with E-state index in [4.69, 9.17) is 4.74 Å². The van der Waals surface area contributed by atoms with Gasteiger partial charge in [-0.3, -0.25) is 0 Å². The number of hydrogen-bond donors (Lipinski definition) is 1. The maximum Gasteiger partial charge on any atom is 0.321 e. The molecule has 0 saturated carbocycles. The highest BCUT2D eigenvalue weighted by atomic mass is 16.5. The molecular weight excluding hydrogens is 288 g/mol. The van der Waals surface area contributed by atoms with Gasteiger partial charge in [-0.15, -0.1) is 0 Å². The van der Waals surface area contributed by atoms with Gasteiger partial charge in [0.1, 0.15) is 0 Å². The van der Waals surface area contributed by atoms with Crippen LogP contribution in [0.4, 0.5) is 10.5 Å². The van der Waals surface area contributed by atoms with Crippen LogP contribution in [0.1, 0.15) is 18.4 Å². The zero-order valence-corrected chi connectivity index (χ0v) is 13.2. The Hall–Kier alpha value is -2.33. The van der Waals surface area contributed by atoms with Crippen LogP contribution < -0.4 is 5.32 Å². The fraction of sp³-hybridized carbons (Fsp3) is 0.316. The number of rotatable bonds is 4. The lowest BCUT2D eigenvalue weighted by Crippen LogP contribution is -2.45. The van der Waals surface area contributed by atoms with Gasteiger partial charge in [0.25, 0.3) is 0 Å². The Labute approximate surface area is 137 Å². The number of amides is 2. The van der Waals surface area contributed by atoms with Crippen molar-refractivity contribution >= 4 is 11.7 Å². The highest BCUT2D eigenvalue weighted by Crippen LogP contribution is 2.16. The molecule has 1 fully saturated rings. The van der Waals surface area contributed by atoms with Crippen molar-refractivity contribution in [1.29, 1.82) is 0 Å². The smallest absolute Gasteiger partial charge is 0.321 e. The summed E-state index contributed by atoms with van der Waals surface area (Å²) in [6, 6.07) is 19.6. The van der Waals surface area contributed by atoms with Crippen molar-refractivity contribution in [3.63, 3.8) is 0 Å². The molecule has 0 aliphatic carbocycles. The molecule has 2 amide bonds. The van der Waals surface area contributed by atoms with Crippen molar-refractivity contribution in [2.45, 2.75) is 25.6 Å². The lowest BCUT2D eigenvalue weighted by Gasteiger charge is -2.32. The first kappa shape index (κ1) is 15.6. The van der Waals surface area contributed by atoms with Crippen LogP contribution >= 0.6 is 0 Å². The molecule has 0 spiro atoms. The summed E-state index contributed by atoms with van der Waals surface area (Å²) in [5.74, 6) is 0. The van der Waals surface area contributed by atoms with E-state index in [0.29, 0.717) is 13.2 Å². The van der Waals surface area contributed by atoms with Gasteiger partial charge in [0, 0.05) is 18.8 Å². The van der Waals surface area contributed by atoms with E-state index in [2.05, 4.69) is 17.4 Å². The lowest BCUT2D eigenvalue weighted by molar-refractivity contribution is 0.00102. The summed E-state index contributed by atoms with van der Waals surface area (Å²) in [4.78, 5) is 14.2. The molecule has 1 aliphatic heterocycles. The average Bonchev–Trinajstić information content (AvgIpc) is 2.62. The summed E-state index contributed by atoms with van der Waals surface area (Å²) in [6.07, 6.45) is 2.08. The van der Waals surface area contributed by atoms with E-state index >= 15 is 0 Å². The number of para-hydroxylation sites is 1. The van der Waals surface area contributed by atoms with Crippen LogP contribution in [-0.4, -0.2) is 30.1 Å². The van der Waals surface area contributed by atoms with E-state index in [9.17, 15) is 4.79 Å². The number of piperidine rings is 1. The van der Waals surface area contributed by atoms with E-state index in [1.807, 2.05) is 53.4 Å². The van der Waals surface area contributed by atoms with E-state index in [1.54, 1.807) is 0 Å². The first-order valence-electron chi connectivity index (χ1n) is 8.08. The molecule has 1 heterocycles. The maximum atomic E-state index is 12.3. The number of nitrogens with one attached hydrogen (secondary N) is 1. The molecule has 1 saturated heterocycles. The molecule has 1 unspecified atom stereocenters. The zero-order valence-electron chi connectivity index (χ0n) is 13.2. The first-order chi connectivity index (χ1) is 11.3. The zero-order chi connectivity index (χ0) is 15.9. The van der Waals surface area contributed by atoms with Gasteiger partial charge < -0.3 is 15.0 Å². The summed E-state index contributed by atoms with van der Waals surface area (Å²) in [6.45, 7) is 2.02. The van der Waals surface area contributed by atoms with Gasteiger partial charge in [-0.25, -0.2) is 4.79 Å². The normalized spacial score (nSPS) is 17.7. The molecule has 120 valence electrons. The Balaban J connectivity index is 1.50. The molecule has 1 atom stereocenters. The fourth-order valence-corrected chi connectivity index (χ4v) is 2.77. The Kier molecular flexibility index (Phi) is 5.27. The molecular formula is C19H22N2O2. The van der Waals surface area contributed by atoms with Crippen LogP contribution in [0.3, 0.4) is 0 Å². The highest BCUT2D eigenvalue weighted by Gasteiger charge is 2.24. The van der Waals surface area contributed by atoms with Gasteiger partial charge in [-0.05, 0) is 30.5 Å². The van der Waals surface area contributed by atoms with Gasteiger partial charge in [0.05, 0.1) is 12.7 Å². The molecule has 0 radical (unpaired) electrons. The quantitative estimate of drug-likeness (QED) is 0.930. The van der Waals surface area contributed by atoms with Gasteiger partial charge in [-0.1, -0.05) is 48.5 Å². The van der Waals surface area contributed by atoms with E-state index in [1.165, 1.54) is 5.56 Å². The number of ether oxygens (including phenoxy) is 1. The summed E-state index contributed by atoms with van der Waals surface area (Å²) >= 11 is 0. The Morgan fingerprint density at radius 1 is 1.09 bits per heavy atom. The maximum absolute atomic E-state index is 12.3. The molecule has 0 bridgehead atoms. The van der Waals surface area contributed by atoms with Gasteiger partial charge in [-0.2, -0.15) is 0 Å². The number of carbonyl (C=O) groups is 1. The summed E-state index contributed by atoms with van der Waals surface area (Å²) in [5.41, 5.74) is 1.99. The molecule has 2 aromatic carbocycles. The third-order valence-electron chi connectivity index (χ3n) is 4.02. The monoisotopic (exact) mass is 310 g/mol. The largest absolute Gasteiger partial charge is 0.372 e. The number of benzene rings is 2. The van der Waals surface area contributed by atoms with Gasteiger partial charge >= 0.3 is 6.03 Å². The lowest BCUT2D eigenvalue weighted by atomic mass is 10.1. The number of likely N-dealkylation sites (tertiary alicyclic amines) is 1. The molecule has 1 N–H and O–H groups in total. The van der Waals surface area contributed by atoms with Crippen LogP contribution in [0.15, 0.2) is 60.7 Å². The summed E-state index contributed by atoms with van der Waals surface area (Å²) in [5, 5.41) is 2.94. The number of anilines is 1. The second-order valence-electron chi connectivity index (χ2n) is 5.80.